The molecule has 1 aliphatic carbocycles. The lowest BCUT2D eigenvalue weighted by atomic mass is 9.91. The Morgan fingerprint density at radius 1 is 1.42 bits per heavy atom. The molecule has 6 heteroatoms. The molecule has 124 valence electrons. The Hall–Kier alpha value is -2.63. The van der Waals surface area contributed by atoms with Crippen LogP contribution in [-0.4, -0.2) is 16.0 Å². The quantitative estimate of drug-likeness (QED) is 0.753. The third-order valence-electron chi connectivity index (χ3n) is 4.73. The number of benzene rings is 1. The van der Waals surface area contributed by atoms with Gasteiger partial charge in [-0.05, 0) is 56.9 Å². The Morgan fingerprint density at radius 3 is 3.00 bits per heavy atom. The van der Waals surface area contributed by atoms with Gasteiger partial charge in [-0.25, -0.2) is 4.39 Å². The van der Waals surface area contributed by atoms with E-state index >= 15 is 0 Å². The minimum Gasteiger partial charge on any atom is -0.361 e. The molecule has 0 saturated carbocycles. The van der Waals surface area contributed by atoms with Crippen LogP contribution in [-0.2, 0) is 6.42 Å². The van der Waals surface area contributed by atoms with Crippen molar-refractivity contribution >= 4 is 16.8 Å². The van der Waals surface area contributed by atoms with Gasteiger partial charge in [-0.2, -0.15) is 0 Å². The van der Waals surface area contributed by atoms with Crippen molar-refractivity contribution in [3.63, 3.8) is 0 Å². The van der Waals surface area contributed by atoms with Gasteiger partial charge >= 0.3 is 0 Å². The average Bonchev–Trinajstić information content (AvgIpc) is 3.08. The van der Waals surface area contributed by atoms with Crippen molar-refractivity contribution in [1.82, 2.24) is 15.5 Å². The van der Waals surface area contributed by atoms with Gasteiger partial charge < -0.3 is 14.8 Å². The second-order valence-electron chi connectivity index (χ2n) is 6.32. The number of carbonyl (C=O) groups is 1. The fourth-order valence-corrected chi connectivity index (χ4v) is 3.62. The van der Waals surface area contributed by atoms with Gasteiger partial charge in [-0.15, -0.1) is 0 Å². The maximum Gasteiger partial charge on any atom is 0.257 e. The van der Waals surface area contributed by atoms with E-state index in [0.717, 1.165) is 41.4 Å². The largest absolute Gasteiger partial charge is 0.361 e. The Bertz CT molecular complexity index is 922. The van der Waals surface area contributed by atoms with Crippen LogP contribution in [0.4, 0.5) is 4.39 Å². The van der Waals surface area contributed by atoms with E-state index in [2.05, 4.69) is 15.5 Å². The molecule has 4 rings (SSSR count). The molecule has 5 nitrogen and oxygen atoms in total. The number of nitrogens with one attached hydrogen (secondary N) is 2. The summed E-state index contributed by atoms with van der Waals surface area (Å²) < 4.78 is 18.6. The Kier molecular flexibility index (Phi) is 3.40. The van der Waals surface area contributed by atoms with Crippen LogP contribution in [0.25, 0.3) is 10.9 Å². The fraction of sp³-hybridized carbons (Fsp3) is 0.333. The van der Waals surface area contributed by atoms with Gasteiger partial charge in [0.25, 0.3) is 5.91 Å². The molecule has 2 aromatic heterocycles. The fourth-order valence-electron chi connectivity index (χ4n) is 3.62. The third-order valence-corrected chi connectivity index (χ3v) is 4.73. The SMILES string of the molecule is Cc1noc(C)c1C(=O)N[C@H]1CCCc2c1[nH]c1ccc(F)cc21. The number of aromatic amines is 1. The number of fused-ring (bicyclic) bond motifs is 3. The standard InChI is InChI=1S/C18H18FN3O2/c1-9-16(10(2)24-22-9)18(23)21-15-5-3-4-12-13-8-11(19)6-7-14(13)20-17(12)15/h6-8,15,20H,3-5H2,1-2H3,(H,21,23)/t15-/m0/s1. The summed E-state index contributed by atoms with van der Waals surface area (Å²) >= 11 is 0. The molecule has 0 radical (unpaired) electrons. The molecule has 3 aromatic rings. The number of hydrogen-bond acceptors (Lipinski definition) is 3. The first-order valence-corrected chi connectivity index (χ1v) is 8.08. The average molecular weight is 327 g/mol. The van der Waals surface area contributed by atoms with Gasteiger partial charge in [0.05, 0.1) is 11.7 Å². The summed E-state index contributed by atoms with van der Waals surface area (Å²) in [5.74, 6) is 0.0832. The number of carbonyl (C=O) groups excluding carboxylic acids is 1. The summed E-state index contributed by atoms with van der Waals surface area (Å²) in [6.07, 6.45) is 2.68. The topological polar surface area (TPSA) is 70.9 Å². The van der Waals surface area contributed by atoms with E-state index in [-0.39, 0.29) is 17.8 Å². The molecule has 1 amide bonds. The molecule has 24 heavy (non-hydrogen) atoms. The van der Waals surface area contributed by atoms with Crippen LogP contribution in [0, 0.1) is 19.7 Å². The van der Waals surface area contributed by atoms with Crippen molar-refractivity contribution in [3.8, 4) is 0 Å². The summed E-state index contributed by atoms with van der Waals surface area (Å²) in [5, 5.41) is 7.81. The van der Waals surface area contributed by atoms with E-state index in [9.17, 15) is 9.18 Å². The van der Waals surface area contributed by atoms with E-state index in [4.69, 9.17) is 4.52 Å². The van der Waals surface area contributed by atoms with E-state index in [1.807, 2.05) is 0 Å². The highest BCUT2D eigenvalue weighted by atomic mass is 19.1. The van der Waals surface area contributed by atoms with Gasteiger partial charge in [0.1, 0.15) is 17.1 Å². The Balaban J connectivity index is 1.69. The van der Waals surface area contributed by atoms with Crippen molar-refractivity contribution in [2.24, 2.45) is 0 Å². The first-order chi connectivity index (χ1) is 11.5. The maximum atomic E-state index is 13.6. The van der Waals surface area contributed by atoms with E-state index < -0.39 is 0 Å². The lowest BCUT2D eigenvalue weighted by Crippen LogP contribution is -2.31. The van der Waals surface area contributed by atoms with Gasteiger partial charge in [0.15, 0.2) is 0 Å². The maximum absolute atomic E-state index is 13.6. The minimum absolute atomic E-state index is 0.120. The zero-order chi connectivity index (χ0) is 16.8. The number of aryl methyl sites for hydroxylation is 3. The van der Waals surface area contributed by atoms with Crippen LogP contribution >= 0.6 is 0 Å². The smallest absolute Gasteiger partial charge is 0.257 e. The van der Waals surface area contributed by atoms with Crippen molar-refractivity contribution in [1.29, 1.82) is 0 Å². The zero-order valence-electron chi connectivity index (χ0n) is 13.6. The van der Waals surface area contributed by atoms with Gasteiger partial charge in [0, 0.05) is 16.6 Å². The van der Waals surface area contributed by atoms with E-state index in [0.29, 0.717) is 17.0 Å². The number of amides is 1. The lowest BCUT2D eigenvalue weighted by Gasteiger charge is -2.23. The summed E-state index contributed by atoms with van der Waals surface area (Å²) in [6.45, 7) is 3.48. The molecular weight excluding hydrogens is 309 g/mol. The first kappa shape index (κ1) is 14.9. The minimum atomic E-state index is -0.244. The zero-order valence-corrected chi connectivity index (χ0v) is 13.6. The summed E-state index contributed by atoms with van der Waals surface area (Å²) in [6, 6.07) is 4.63. The highest BCUT2D eigenvalue weighted by molar-refractivity contribution is 5.96. The highest BCUT2D eigenvalue weighted by Gasteiger charge is 2.27. The highest BCUT2D eigenvalue weighted by Crippen LogP contribution is 2.35. The first-order valence-electron chi connectivity index (χ1n) is 8.08. The van der Waals surface area contributed by atoms with Crippen molar-refractivity contribution in [3.05, 3.63) is 52.3 Å². The predicted octanol–water partition coefficient (Wildman–Crippen LogP) is 3.72. The van der Waals surface area contributed by atoms with Crippen LogP contribution in [0.5, 0.6) is 0 Å². The van der Waals surface area contributed by atoms with Gasteiger partial charge in [-0.1, -0.05) is 5.16 Å². The molecule has 1 aliphatic rings. The van der Waals surface area contributed by atoms with Gasteiger partial charge in [0.2, 0.25) is 0 Å². The molecule has 1 aromatic carbocycles. The second kappa shape index (κ2) is 5.47. The number of halogens is 1. The summed E-state index contributed by atoms with van der Waals surface area (Å²) in [4.78, 5) is 16.0. The van der Waals surface area contributed by atoms with E-state index in [1.54, 1.807) is 26.0 Å². The van der Waals surface area contributed by atoms with Crippen LogP contribution in [0.15, 0.2) is 22.7 Å². The second-order valence-corrected chi connectivity index (χ2v) is 6.32. The lowest BCUT2D eigenvalue weighted by molar-refractivity contribution is 0.0930. The van der Waals surface area contributed by atoms with Crippen molar-refractivity contribution in [2.75, 3.05) is 0 Å². The molecule has 2 heterocycles. The number of rotatable bonds is 2. The third kappa shape index (κ3) is 2.29. The van der Waals surface area contributed by atoms with Crippen LogP contribution in [0.1, 0.15) is 52.0 Å². The molecule has 0 unspecified atom stereocenters. The summed E-state index contributed by atoms with van der Waals surface area (Å²) in [7, 11) is 0. The molecular formula is C18H18FN3O2. The van der Waals surface area contributed by atoms with Crippen molar-refractivity contribution < 1.29 is 13.7 Å². The Morgan fingerprint density at radius 2 is 2.25 bits per heavy atom. The van der Waals surface area contributed by atoms with E-state index in [1.165, 1.54) is 6.07 Å². The number of aromatic nitrogens is 2. The van der Waals surface area contributed by atoms with Gasteiger partial charge in [-0.3, -0.25) is 4.79 Å². The van der Waals surface area contributed by atoms with Crippen LogP contribution < -0.4 is 5.32 Å². The molecule has 0 spiro atoms. The number of hydrogen-bond donors (Lipinski definition) is 2. The molecule has 0 bridgehead atoms. The number of nitrogens with zero attached hydrogens (tertiary/aromatic N) is 1. The molecule has 2 N–H and O–H groups in total. The van der Waals surface area contributed by atoms with Crippen molar-refractivity contribution in [2.45, 2.75) is 39.2 Å². The summed E-state index contributed by atoms with van der Waals surface area (Å²) in [5.41, 5.74) is 4.05. The number of H-pyrrole nitrogens is 1. The molecule has 0 aliphatic heterocycles. The molecule has 0 saturated heterocycles. The molecule has 1 atom stereocenters. The van der Waals surface area contributed by atoms with Crippen LogP contribution in [0.2, 0.25) is 0 Å². The predicted molar refractivity (Wildman–Crippen MR) is 87.4 cm³/mol. The Labute approximate surface area is 138 Å². The molecule has 0 fully saturated rings. The monoisotopic (exact) mass is 327 g/mol. The van der Waals surface area contributed by atoms with Crippen LogP contribution in [0.3, 0.4) is 0 Å². The normalized spacial score (nSPS) is 17.0.